The van der Waals surface area contributed by atoms with Crippen LogP contribution in [0.1, 0.15) is 0 Å². The molecule has 154 valence electrons. The zero-order chi connectivity index (χ0) is 20.9. The van der Waals surface area contributed by atoms with Crippen molar-refractivity contribution < 1.29 is 52.1 Å². The van der Waals surface area contributed by atoms with Gasteiger partial charge in [-0.3, -0.25) is 4.57 Å². The molecule has 0 aliphatic rings. The summed E-state index contributed by atoms with van der Waals surface area (Å²) in [7, 11) is -14.2. The SMILES string of the molecule is Nc1ncnc2c1ncn2CCOCP(=O)(O)O.O=P(O)(O)OP(=O)(O)O. The van der Waals surface area contributed by atoms with Crippen LogP contribution in [0.3, 0.4) is 0 Å². The minimum Gasteiger partial charge on any atom is -0.382 e. The van der Waals surface area contributed by atoms with Crippen molar-refractivity contribution in [2.45, 2.75) is 6.54 Å². The van der Waals surface area contributed by atoms with E-state index in [0.29, 0.717) is 17.7 Å². The summed E-state index contributed by atoms with van der Waals surface area (Å²) in [6.45, 7) is 0.507. The number of phosphoric acid groups is 2. The fraction of sp³-hybridized carbons (Fsp3) is 0.375. The lowest BCUT2D eigenvalue weighted by Crippen LogP contribution is -2.07. The molecule has 0 radical (unpaired) electrons. The number of anilines is 1. The molecule has 16 nitrogen and oxygen atoms in total. The van der Waals surface area contributed by atoms with Crippen LogP contribution in [-0.4, -0.2) is 61.8 Å². The van der Waals surface area contributed by atoms with Crippen LogP contribution in [0.4, 0.5) is 5.82 Å². The first-order chi connectivity index (χ1) is 12.2. The number of aromatic nitrogens is 4. The molecule has 0 aliphatic heterocycles. The number of rotatable bonds is 7. The van der Waals surface area contributed by atoms with Crippen molar-refractivity contribution in [1.82, 2.24) is 19.5 Å². The van der Waals surface area contributed by atoms with Gasteiger partial charge in [0.1, 0.15) is 18.2 Å². The van der Waals surface area contributed by atoms with E-state index >= 15 is 0 Å². The third kappa shape index (κ3) is 10.0. The summed E-state index contributed by atoms with van der Waals surface area (Å²) in [6.07, 6.45) is 2.25. The highest BCUT2D eigenvalue weighted by Gasteiger charge is 2.27. The van der Waals surface area contributed by atoms with Crippen molar-refractivity contribution in [2.75, 3.05) is 18.7 Å². The van der Waals surface area contributed by atoms with Crippen molar-refractivity contribution in [1.29, 1.82) is 0 Å². The topological polar surface area (TPSA) is 261 Å². The van der Waals surface area contributed by atoms with Gasteiger partial charge in [-0.2, -0.15) is 4.31 Å². The first-order valence-corrected chi connectivity index (χ1v) is 11.4. The van der Waals surface area contributed by atoms with Gasteiger partial charge in [-0.15, -0.1) is 0 Å². The molecule has 2 rings (SSSR count). The van der Waals surface area contributed by atoms with Gasteiger partial charge in [0.05, 0.1) is 12.9 Å². The molecule has 0 aromatic carbocycles. The molecule has 19 heteroatoms. The number of ether oxygens (including phenoxy) is 1. The van der Waals surface area contributed by atoms with Gasteiger partial charge in [-0.1, -0.05) is 0 Å². The molecule has 8 N–H and O–H groups in total. The molecule has 0 atom stereocenters. The monoisotopic (exact) mass is 451 g/mol. The fourth-order valence-electron chi connectivity index (χ4n) is 1.55. The summed E-state index contributed by atoms with van der Waals surface area (Å²) in [4.78, 5) is 60.1. The van der Waals surface area contributed by atoms with Crippen molar-refractivity contribution in [3.8, 4) is 0 Å². The maximum atomic E-state index is 10.6. The molecule has 0 bridgehead atoms. The number of nitrogen functional groups attached to an aromatic ring is 1. The fourth-order valence-corrected chi connectivity index (χ4v) is 3.02. The molecule has 2 aromatic rings. The van der Waals surface area contributed by atoms with E-state index in [-0.39, 0.29) is 12.4 Å². The highest BCUT2D eigenvalue weighted by Crippen LogP contribution is 2.53. The Bertz CT molecular complexity index is 881. The Kier molecular flexibility index (Phi) is 8.16. The van der Waals surface area contributed by atoms with Gasteiger partial charge in [-0.05, 0) is 0 Å². The van der Waals surface area contributed by atoms with Gasteiger partial charge in [0.15, 0.2) is 11.5 Å². The van der Waals surface area contributed by atoms with Crippen molar-refractivity contribution in [3.05, 3.63) is 12.7 Å². The van der Waals surface area contributed by atoms with Crippen LogP contribution in [0.15, 0.2) is 12.7 Å². The summed E-state index contributed by atoms with van der Waals surface area (Å²) < 4.78 is 39.3. The Labute approximate surface area is 150 Å². The molecule has 0 saturated carbocycles. The van der Waals surface area contributed by atoms with Crippen LogP contribution in [0.5, 0.6) is 0 Å². The third-order valence-electron chi connectivity index (χ3n) is 2.38. The second-order valence-corrected chi connectivity index (χ2v) is 8.84. The Balaban J connectivity index is 0.000000345. The van der Waals surface area contributed by atoms with E-state index in [2.05, 4.69) is 19.3 Å². The van der Waals surface area contributed by atoms with Gasteiger partial charge >= 0.3 is 23.2 Å². The van der Waals surface area contributed by atoms with Gasteiger partial charge in [-0.25, -0.2) is 24.1 Å². The number of nitrogens with two attached hydrogens (primary N) is 1. The summed E-state index contributed by atoms with van der Waals surface area (Å²) in [5.74, 6) is 0.287. The van der Waals surface area contributed by atoms with E-state index in [0.717, 1.165) is 0 Å². The van der Waals surface area contributed by atoms with Crippen molar-refractivity contribution >= 4 is 40.2 Å². The normalized spacial score (nSPS) is 12.7. The largest absolute Gasteiger partial charge is 0.478 e. The van der Waals surface area contributed by atoms with E-state index in [1.807, 2.05) is 0 Å². The summed E-state index contributed by atoms with van der Waals surface area (Å²) in [6, 6.07) is 0. The van der Waals surface area contributed by atoms with Crippen LogP contribution >= 0.6 is 23.2 Å². The third-order valence-corrected chi connectivity index (χ3v) is 4.60. The number of nitrogens with zero attached hydrogens (tertiary/aromatic N) is 4. The van der Waals surface area contributed by atoms with Crippen molar-refractivity contribution in [3.63, 3.8) is 0 Å². The van der Waals surface area contributed by atoms with E-state index in [1.165, 1.54) is 12.7 Å². The van der Waals surface area contributed by atoms with Gasteiger partial charge in [0.2, 0.25) is 0 Å². The lowest BCUT2D eigenvalue weighted by Gasteiger charge is -2.06. The molecular formula is C8H16N5O11P3. The van der Waals surface area contributed by atoms with E-state index in [9.17, 15) is 13.7 Å². The highest BCUT2D eigenvalue weighted by atomic mass is 31.3. The molecule has 0 saturated heterocycles. The van der Waals surface area contributed by atoms with Crippen LogP contribution in [0, 0.1) is 0 Å². The van der Waals surface area contributed by atoms with E-state index in [4.69, 9.17) is 39.8 Å². The second kappa shape index (κ2) is 9.28. The summed E-state index contributed by atoms with van der Waals surface area (Å²) in [5, 5.41) is 0. The Hall–Kier alpha value is -1.28. The number of hydrogen-bond acceptors (Lipinski definition) is 9. The zero-order valence-corrected chi connectivity index (χ0v) is 15.9. The van der Waals surface area contributed by atoms with Crippen LogP contribution < -0.4 is 5.73 Å². The summed E-state index contributed by atoms with van der Waals surface area (Å²) in [5.41, 5.74) is 6.67. The predicted octanol–water partition coefficient (Wildman–Crippen LogP) is -1.25. The van der Waals surface area contributed by atoms with Crippen LogP contribution in [0.2, 0.25) is 0 Å². The minimum absolute atomic E-state index is 0.139. The molecule has 2 aromatic heterocycles. The number of imidazole rings is 1. The lowest BCUT2D eigenvalue weighted by molar-refractivity contribution is 0.149. The Morgan fingerprint density at radius 3 is 2.07 bits per heavy atom. The maximum Gasteiger partial charge on any atom is 0.478 e. The number of hydrogen-bond donors (Lipinski definition) is 7. The molecule has 0 unspecified atom stereocenters. The quantitative estimate of drug-likeness (QED) is 0.191. The minimum atomic E-state index is -5.05. The molecule has 2 heterocycles. The summed E-state index contributed by atoms with van der Waals surface area (Å²) >= 11 is 0. The van der Waals surface area contributed by atoms with Crippen LogP contribution in [-0.2, 0) is 29.3 Å². The standard InChI is InChI=1S/C8H12N5O4P.H4O7P2/c9-7-6-8(11-3-10-7)13(4-12-6)1-2-17-5-18(14,15)16;1-8(2,3)7-9(4,5)6/h3-4H,1-2,5H2,(H2,9,10,11)(H2,14,15,16);(H2,1,2,3)(H2,4,5,6). The first kappa shape index (κ1) is 23.8. The molecule has 0 fully saturated rings. The molecular weight excluding hydrogens is 435 g/mol. The molecule has 0 aliphatic carbocycles. The first-order valence-electron chi connectivity index (χ1n) is 6.54. The molecule has 0 amide bonds. The maximum absolute atomic E-state index is 10.6. The van der Waals surface area contributed by atoms with Crippen molar-refractivity contribution in [2.24, 2.45) is 0 Å². The Morgan fingerprint density at radius 1 is 1.00 bits per heavy atom. The number of fused-ring (bicyclic) bond motifs is 1. The average molecular weight is 451 g/mol. The smallest absolute Gasteiger partial charge is 0.382 e. The second-order valence-electron chi connectivity index (χ2n) is 4.63. The predicted molar refractivity (Wildman–Crippen MR) is 87.8 cm³/mol. The van der Waals surface area contributed by atoms with Crippen LogP contribution in [0.25, 0.3) is 11.2 Å². The molecule has 27 heavy (non-hydrogen) atoms. The Morgan fingerprint density at radius 2 is 1.59 bits per heavy atom. The van der Waals surface area contributed by atoms with E-state index in [1.54, 1.807) is 4.57 Å². The van der Waals surface area contributed by atoms with Gasteiger partial charge in [0.25, 0.3) is 0 Å². The highest BCUT2D eigenvalue weighted by molar-refractivity contribution is 7.60. The molecule has 0 spiro atoms. The lowest BCUT2D eigenvalue weighted by atomic mass is 10.5. The zero-order valence-electron chi connectivity index (χ0n) is 13.2. The van der Waals surface area contributed by atoms with Gasteiger partial charge in [0, 0.05) is 6.54 Å². The van der Waals surface area contributed by atoms with Gasteiger partial charge < -0.3 is 44.4 Å². The van der Waals surface area contributed by atoms with E-state index < -0.39 is 29.6 Å². The average Bonchev–Trinajstić information content (AvgIpc) is 2.84.